The molecule has 174 valence electrons. The van der Waals surface area contributed by atoms with E-state index in [1.165, 1.54) is 5.56 Å². The first-order valence-electron chi connectivity index (χ1n) is 11.6. The standard InChI is InChI=1S/C29H25ClN4O/c1-33-17-32-16-27(33)29(31)21-8-10-25(30)20(13-21)7-6-18-4-3-5-19(12-18)23-15-28(35)34(2)26-11-9-22(29)14-24(23)26/h3-5,8-17H,6-7,31H2,1-2H3. The number of rotatable bonds is 1. The number of benzene rings is 3. The van der Waals surface area contributed by atoms with E-state index in [9.17, 15) is 4.79 Å². The normalized spacial score (nSPS) is 17.1. The molecule has 3 aromatic carbocycles. The number of nitrogens with two attached hydrogens (primary N) is 1. The first-order valence-corrected chi connectivity index (χ1v) is 12.0. The van der Waals surface area contributed by atoms with E-state index in [4.69, 9.17) is 17.3 Å². The molecule has 0 saturated carbocycles. The van der Waals surface area contributed by atoms with Gasteiger partial charge in [0.1, 0.15) is 5.54 Å². The predicted molar refractivity (Wildman–Crippen MR) is 141 cm³/mol. The molecule has 0 aliphatic heterocycles. The fourth-order valence-corrected chi connectivity index (χ4v) is 5.54. The van der Waals surface area contributed by atoms with Crippen LogP contribution in [0.1, 0.15) is 27.9 Å². The van der Waals surface area contributed by atoms with Crippen LogP contribution >= 0.6 is 11.6 Å². The molecular weight excluding hydrogens is 456 g/mol. The summed E-state index contributed by atoms with van der Waals surface area (Å²) in [6.07, 6.45) is 5.19. The summed E-state index contributed by atoms with van der Waals surface area (Å²) in [5.41, 5.74) is 14.1. The van der Waals surface area contributed by atoms with E-state index in [0.29, 0.717) is 0 Å². The van der Waals surface area contributed by atoms with Crippen LogP contribution in [0.3, 0.4) is 0 Å². The maximum atomic E-state index is 12.9. The van der Waals surface area contributed by atoms with Crippen molar-refractivity contribution in [1.82, 2.24) is 14.1 Å². The van der Waals surface area contributed by atoms with Crippen molar-refractivity contribution < 1.29 is 0 Å². The Labute approximate surface area is 208 Å². The number of aryl methyl sites for hydroxylation is 4. The van der Waals surface area contributed by atoms with Crippen LogP contribution in [0.5, 0.6) is 0 Å². The van der Waals surface area contributed by atoms with E-state index in [1.54, 1.807) is 24.0 Å². The van der Waals surface area contributed by atoms with Gasteiger partial charge in [0.15, 0.2) is 0 Å². The molecule has 35 heavy (non-hydrogen) atoms. The molecule has 2 N–H and O–H groups in total. The maximum Gasteiger partial charge on any atom is 0.251 e. The first kappa shape index (κ1) is 21.8. The van der Waals surface area contributed by atoms with Crippen molar-refractivity contribution >= 4 is 22.5 Å². The SMILES string of the molecule is Cn1cncc1C1(N)c2ccc(Cl)c(c2)CCc2cccc(c2)-c2cc(=O)n(C)c3ccc1cc23. The minimum absolute atomic E-state index is 0.0425. The van der Waals surface area contributed by atoms with Gasteiger partial charge in [0, 0.05) is 30.6 Å². The highest BCUT2D eigenvalue weighted by Gasteiger charge is 2.35. The van der Waals surface area contributed by atoms with E-state index in [2.05, 4.69) is 41.4 Å². The molecule has 2 heterocycles. The maximum absolute atomic E-state index is 12.9. The van der Waals surface area contributed by atoms with E-state index < -0.39 is 5.54 Å². The molecule has 1 atom stereocenters. The first-order chi connectivity index (χ1) is 16.9. The number of aromatic nitrogens is 3. The van der Waals surface area contributed by atoms with Crippen molar-refractivity contribution in [2.75, 3.05) is 0 Å². The van der Waals surface area contributed by atoms with Crippen molar-refractivity contribution in [3.05, 3.63) is 123 Å². The number of halogens is 1. The summed E-state index contributed by atoms with van der Waals surface area (Å²) in [5, 5.41) is 1.71. The highest BCUT2D eigenvalue weighted by Crippen LogP contribution is 2.39. The average molecular weight is 481 g/mol. The number of pyridine rings is 1. The van der Waals surface area contributed by atoms with Crippen molar-refractivity contribution in [3.63, 3.8) is 0 Å². The Balaban J connectivity index is 1.77. The summed E-state index contributed by atoms with van der Waals surface area (Å²) in [6, 6.07) is 22.3. The van der Waals surface area contributed by atoms with Crippen LogP contribution in [-0.2, 0) is 32.5 Å². The quantitative estimate of drug-likeness (QED) is 0.369. The zero-order chi connectivity index (χ0) is 24.3. The molecular formula is C29H25ClN4O. The summed E-state index contributed by atoms with van der Waals surface area (Å²) in [6.45, 7) is 0. The summed E-state index contributed by atoms with van der Waals surface area (Å²) in [4.78, 5) is 17.3. The van der Waals surface area contributed by atoms with E-state index >= 15 is 0 Å². The monoisotopic (exact) mass is 480 g/mol. The smallest absolute Gasteiger partial charge is 0.251 e. The predicted octanol–water partition coefficient (Wildman–Crippen LogP) is 4.94. The third-order valence-corrected chi connectivity index (χ3v) is 7.71. The molecule has 1 unspecified atom stereocenters. The lowest BCUT2D eigenvalue weighted by Crippen LogP contribution is -2.41. The largest absolute Gasteiger partial charge is 0.336 e. The van der Waals surface area contributed by atoms with Crippen LogP contribution in [0.4, 0.5) is 0 Å². The average Bonchev–Trinajstić information content (AvgIpc) is 3.31. The molecule has 6 bridgehead atoms. The van der Waals surface area contributed by atoms with E-state index in [0.717, 1.165) is 62.3 Å². The van der Waals surface area contributed by atoms with Gasteiger partial charge >= 0.3 is 0 Å². The lowest BCUT2D eigenvalue weighted by atomic mass is 9.79. The van der Waals surface area contributed by atoms with Gasteiger partial charge in [-0.1, -0.05) is 54.1 Å². The molecule has 6 heteroatoms. The lowest BCUT2D eigenvalue weighted by Gasteiger charge is -2.32. The van der Waals surface area contributed by atoms with Gasteiger partial charge in [0.25, 0.3) is 5.56 Å². The Hall–Kier alpha value is -3.67. The van der Waals surface area contributed by atoms with Gasteiger partial charge in [0.2, 0.25) is 0 Å². The van der Waals surface area contributed by atoms with Crippen molar-refractivity contribution in [3.8, 4) is 11.1 Å². The topological polar surface area (TPSA) is 65.8 Å². The van der Waals surface area contributed by atoms with Gasteiger partial charge in [-0.2, -0.15) is 0 Å². The zero-order valence-corrected chi connectivity index (χ0v) is 20.4. The lowest BCUT2D eigenvalue weighted by molar-refractivity contribution is 0.595. The van der Waals surface area contributed by atoms with Gasteiger partial charge in [0.05, 0.1) is 23.7 Å². The molecule has 0 fully saturated rings. The summed E-state index contributed by atoms with van der Waals surface area (Å²) in [5.74, 6) is 0. The molecule has 0 radical (unpaired) electrons. The second kappa shape index (κ2) is 7.94. The third-order valence-electron chi connectivity index (χ3n) is 7.34. The summed E-state index contributed by atoms with van der Waals surface area (Å²) in [7, 11) is 3.76. The Kier molecular flexibility index (Phi) is 4.95. The molecule has 0 amide bonds. The van der Waals surface area contributed by atoms with E-state index in [-0.39, 0.29) is 5.56 Å². The van der Waals surface area contributed by atoms with Crippen LogP contribution in [-0.4, -0.2) is 14.1 Å². The van der Waals surface area contributed by atoms with E-state index in [1.807, 2.05) is 42.1 Å². The van der Waals surface area contributed by atoms with Crippen molar-refractivity contribution in [1.29, 1.82) is 0 Å². The van der Waals surface area contributed by atoms with Crippen LogP contribution < -0.4 is 11.3 Å². The molecule has 2 aromatic heterocycles. The second-order valence-electron chi connectivity index (χ2n) is 9.39. The van der Waals surface area contributed by atoms with Crippen LogP contribution in [0.2, 0.25) is 5.02 Å². The molecule has 5 aromatic rings. The molecule has 6 rings (SSSR count). The van der Waals surface area contributed by atoms with Gasteiger partial charge in [-0.3, -0.25) is 4.79 Å². The molecule has 0 saturated heterocycles. The third kappa shape index (κ3) is 3.34. The van der Waals surface area contributed by atoms with Gasteiger partial charge in [-0.25, -0.2) is 4.98 Å². The number of hydrogen-bond acceptors (Lipinski definition) is 3. The number of nitrogens with zero attached hydrogens (tertiary/aromatic N) is 3. The molecule has 1 aliphatic carbocycles. The highest BCUT2D eigenvalue weighted by molar-refractivity contribution is 6.31. The van der Waals surface area contributed by atoms with Gasteiger partial charge in [-0.15, -0.1) is 0 Å². The molecule has 0 spiro atoms. The Bertz CT molecular complexity index is 1680. The second-order valence-corrected chi connectivity index (χ2v) is 9.80. The number of fused-ring (bicyclic) bond motifs is 6. The zero-order valence-electron chi connectivity index (χ0n) is 19.6. The number of imidazole rings is 1. The minimum Gasteiger partial charge on any atom is -0.336 e. The van der Waals surface area contributed by atoms with Gasteiger partial charge in [-0.05, 0) is 64.4 Å². The van der Waals surface area contributed by atoms with Crippen molar-refractivity contribution in [2.45, 2.75) is 18.4 Å². The van der Waals surface area contributed by atoms with Gasteiger partial charge < -0.3 is 14.9 Å². The highest BCUT2D eigenvalue weighted by atomic mass is 35.5. The Morgan fingerprint density at radius 1 is 0.971 bits per heavy atom. The Morgan fingerprint density at radius 2 is 1.77 bits per heavy atom. The van der Waals surface area contributed by atoms with Crippen LogP contribution in [0.25, 0.3) is 22.0 Å². The number of hydrogen-bond donors (Lipinski definition) is 1. The summed E-state index contributed by atoms with van der Waals surface area (Å²) < 4.78 is 3.65. The van der Waals surface area contributed by atoms with Crippen LogP contribution in [0.15, 0.2) is 84.0 Å². The molecule has 1 aliphatic rings. The fraction of sp³-hybridized carbons (Fsp3) is 0.172. The Morgan fingerprint density at radius 3 is 2.57 bits per heavy atom. The summed E-state index contributed by atoms with van der Waals surface area (Å²) >= 11 is 6.65. The fourth-order valence-electron chi connectivity index (χ4n) is 5.33. The minimum atomic E-state index is -0.975. The molecule has 5 nitrogen and oxygen atoms in total. The van der Waals surface area contributed by atoms with Crippen molar-refractivity contribution in [2.24, 2.45) is 19.8 Å². The van der Waals surface area contributed by atoms with Crippen LogP contribution in [0, 0.1) is 0 Å².